The summed E-state index contributed by atoms with van der Waals surface area (Å²) < 4.78 is 12.9. The molecule has 0 aliphatic rings. The Morgan fingerprint density at radius 2 is 2.20 bits per heavy atom. The van der Waals surface area contributed by atoms with Gasteiger partial charge in [0.2, 0.25) is 5.91 Å². The zero-order valence-corrected chi connectivity index (χ0v) is 13.5. The average molecular weight is 321 g/mol. The molecule has 6 heteroatoms. The van der Waals surface area contributed by atoms with Crippen LogP contribution in [0.4, 0.5) is 4.39 Å². The molecule has 20 heavy (non-hydrogen) atoms. The number of thioether (sulfide) groups is 1. The van der Waals surface area contributed by atoms with E-state index in [0.717, 1.165) is 16.9 Å². The Labute approximate surface area is 130 Å². The third-order valence-electron chi connectivity index (χ3n) is 2.97. The number of benzene rings is 1. The molecule has 3 N–H and O–H groups in total. The lowest BCUT2D eigenvalue weighted by molar-refractivity contribution is -0.122. The van der Waals surface area contributed by atoms with Gasteiger partial charge in [-0.2, -0.15) is 11.8 Å². The summed E-state index contributed by atoms with van der Waals surface area (Å²) in [6.45, 7) is 2.39. The van der Waals surface area contributed by atoms with Crippen LogP contribution in [0.2, 0.25) is 0 Å². The topological polar surface area (TPSA) is 55.1 Å². The summed E-state index contributed by atoms with van der Waals surface area (Å²) in [6, 6.07) is 4.25. The molecule has 0 radical (unpaired) electrons. The number of hydrogen-bond donors (Lipinski definition) is 2. The molecule has 1 aromatic rings. The van der Waals surface area contributed by atoms with E-state index in [0.29, 0.717) is 19.4 Å². The molecule has 0 unspecified atom stereocenters. The fourth-order valence-corrected chi connectivity index (χ4v) is 2.26. The van der Waals surface area contributed by atoms with Gasteiger partial charge in [-0.3, -0.25) is 4.79 Å². The van der Waals surface area contributed by atoms with Crippen molar-refractivity contribution in [3.05, 3.63) is 35.1 Å². The Kier molecular flexibility index (Phi) is 9.63. The van der Waals surface area contributed by atoms with Gasteiger partial charge in [-0.15, -0.1) is 12.4 Å². The molecule has 0 bridgehead atoms. The highest BCUT2D eigenvalue weighted by Crippen LogP contribution is 2.10. The number of nitrogens with two attached hydrogens (primary N) is 1. The van der Waals surface area contributed by atoms with Crippen molar-refractivity contribution in [1.29, 1.82) is 0 Å². The lowest BCUT2D eigenvalue weighted by atomic mass is 10.1. The molecule has 114 valence electrons. The van der Waals surface area contributed by atoms with Crippen LogP contribution in [-0.2, 0) is 11.2 Å². The SMILES string of the molecule is CSCC[C@H](N)C(=O)NCCc1ccc(F)cc1C.Cl. The zero-order chi connectivity index (χ0) is 14.3. The van der Waals surface area contributed by atoms with E-state index in [1.807, 2.05) is 13.2 Å². The van der Waals surface area contributed by atoms with Gasteiger partial charge in [0.05, 0.1) is 6.04 Å². The lowest BCUT2D eigenvalue weighted by Crippen LogP contribution is -2.41. The fourth-order valence-electron chi connectivity index (χ4n) is 1.77. The summed E-state index contributed by atoms with van der Waals surface area (Å²) in [5, 5.41) is 2.81. The quantitative estimate of drug-likeness (QED) is 0.810. The summed E-state index contributed by atoms with van der Waals surface area (Å²) in [5.41, 5.74) is 7.70. The summed E-state index contributed by atoms with van der Waals surface area (Å²) in [5.74, 6) is 0.532. The first kappa shape index (κ1) is 19.2. The monoisotopic (exact) mass is 320 g/mol. The van der Waals surface area contributed by atoms with Crippen molar-refractivity contribution in [3.63, 3.8) is 0 Å². The van der Waals surface area contributed by atoms with E-state index in [9.17, 15) is 9.18 Å². The maximum Gasteiger partial charge on any atom is 0.236 e. The molecule has 0 saturated heterocycles. The highest BCUT2D eigenvalue weighted by Gasteiger charge is 2.12. The van der Waals surface area contributed by atoms with Crippen LogP contribution < -0.4 is 11.1 Å². The predicted octanol–water partition coefficient (Wildman–Crippen LogP) is 2.30. The van der Waals surface area contributed by atoms with Crippen molar-refractivity contribution < 1.29 is 9.18 Å². The molecular weight excluding hydrogens is 299 g/mol. The lowest BCUT2D eigenvalue weighted by Gasteiger charge is -2.12. The molecule has 0 heterocycles. The van der Waals surface area contributed by atoms with Gasteiger partial charge in [0.15, 0.2) is 0 Å². The molecule has 0 fully saturated rings. The van der Waals surface area contributed by atoms with E-state index in [4.69, 9.17) is 5.73 Å². The Hall–Kier alpha value is -0.780. The van der Waals surface area contributed by atoms with Gasteiger partial charge in [0.25, 0.3) is 0 Å². The Morgan fingerprint density at radius 3 is 2.80 bits per heavy atom. The van der Waals surface area contributed by atoms with Crippen molar-refractivity contribution >= 4 is 30.1 Å². The summed E-state index contributed by atoms with van der Waals surface area (Å²) in [4.78, 5) is 11.7. The highest BCUT2D eigenvalue weighted by atomic mass is 35.5. The Bertz CT molecular complexity index is 432. The van der Waals surface area contributed by atoms with E-state index in [2.05, 4.69) is 5.32 Å². The molecule has 3 nitrogen and oxygen atoms in total. The first-order chi connectivity index (χ1) is 9.04. The normalized spacial score (nSPS) is 11.6. The molecule has 0 saturated carbocycles. The second kappa shape index (κ2) is 10.0. The van der Waals surface area contributed by atoms with Crippen LogP contribution in [0.5, 0.6) is 0 Å². The van der Waals surface area contributed by atoms with Crippen LogP contribution in [0.1, 0.15) is 17.5 Å². The summed E-state index contributed by atoms with van der Waals surface area (Å²) in [7, 11) is 0. The number of nitrogens with one attached hydrogen (secondary N) is 1. The van der Waals surface area contributed by atoms with Crippen molar-refractivity contribution in [2.45, 2.75) is 25.8 Å². The predicted molar refractivity (Wildman–Crippen MR) is 86.1 cm³/mol. The summed E-state index contributed by atoms with van der Waals surface area (Å²) >= 11 is 1.68. The Morgan fingerprint density at radius 1 is 1.50 bits per heavy atom. The Balaban J connectivity index is 0.00000361. The van der Waals surface area contributed by atoms with Gasteiger partial charge in [-0.25, -0.2) is 4.39 Å². The van der Waals surface area contributed by atoms with Gasteiger partial charge in [0, 0.05) is 6.54 Å². The minimum atomic E-state index is -0.443. The zero-order valence-electron chi connectivity index (χ0n) is 11.8. The minimum Gasteiger partial charge on any atom is -0.354 e. The van der Waals surface area contributed by atoms with E-state index in [1.54, 1.807) is 17.8 Å². The number of carbonyl (C=O) groups is 1. The molecule has 1 aromatic carbocycles. The van der Waals surface area contributed by atoms with Crippen LogP contribution >= 0.6 is 24.2 Å². The smallest absolute Gasteiger partial charge is 0.236 e. The van der Waals surface area contributed by atoms with Crippen LogP contribution in [0.15, 0.2) is 18.2 Å². The minimum absolute atomic E-state index is 0. The standard InChI is InChI=1S/C14H21FN2OS.ClH/c1-10-9-12(15)4-3-11(10)5-7-17-14(18)13(16)6-8-19-2;/h3-4,9,13H,5-8,16H2,1-2H3,(H,17,18);1H/t13-;/m0./s1. The molecule has 1 rings (SSSR count). The van der Waals surface area contributed by atoms with Crippen molar-refractivity contribution in [2.24, 2.45) is 5.73 Å². The highest BCUT2D eigenvalue weighted by molar-refractivity contribution is 7.98. The van der Waals surface area contributed by atoms with E-state index < -0.39 is 6.04 Å². The van der Waals surface area contributed by atoms with E-state index in [-0.39, 0.29) is 24.1 Å². The van der Waals surface area contributed by atoms with Crippen LogP contribution in [0.3, 0.4) is 0 Å². The fraction of sp³-hybridized carbons (Fsp3) is 0.500. The number of rotatable bonds is 7. The molecule has 0 aliphatic heterocycles. The van der Waals surface area contributed by atoms with Gasteiger partial charge >= 0.3 is 0 Å². The average Bonchev–Trinajstić information content (AvgIpc) is 2.38. The van der Waals surface area contributed by atoms with Gasteiger partial charge in [-0.05, 0) is 55.0 Å². The molecule has 0 aliphatic carbocycles. The molecule has 0 spiro atoms. The van der Waals surface area contributed by atoms with Crippen LogP contribution in [0.25, 0.3) is 0 Å². The third-order valence-corrected chi connectivity index (χ3v) is 3.61. The maximum absolute atomic E-state index is 12.9. The number of carbonyl (C=O) groups excluding carboxylic acids is 1. The number of aryl methyl sites for hydroxylation is 1. The van der Waals surface area contributed by atoms with Crippen LogP contribution in [-0.4, -0.2) is 30.5 Å². The van der Waals surface area contributed by atoms with Crippen molar-refractivity contribution in [3.8, 4) is 0 Å². The molecule has 1 amide bonds. The van der Waals surface area contributed by atoms with E-state index in [1.165, 1.54) is 12.1 Å². The maximum atomic E-state index is 12.9. The van der Waals surface area contributed by atoms with E-state index >= 15 is 0 Å². The molecular formula is C14H22ClFN2OS. The van der Waals surface area contributed by atoms with Crippen molar-refractivity contribution in [2.75, 3.05) is 18.6 Å². The second-order valence-corrected chi connectivity index (χ2v) is 5.49. The third kappa shape index (κ3) is 6.59. The summed E-state index contributed by atoms with van der Waals surface area (Å²) in [6.07, 6.45) is 3.36. The number of halogens is 2. The van der Waals surface area contributed by atoms with Gasteiger partial charge in [-0.1, -0.05) is 6.07 Å². The second-order valence-electron chi connectivity index (χ2n) is 4.50. The first-order valence-corrected chi connectivity index (χ1v) is 7.71. The largest absolute Gasteiger partial charge is 0.354 e. The number of amides is 1. The van der Waals surface area contributed by atoms with Gasteiger partial charge < -0.3 is 11.1 Å². The van der Waals surface area contributed by atoms with Crippen molar-refractivity contribution in [1.82, 2.24) is 5.32 Å². The van der Waals surface area contributed by atoms with Gasteiger partial charge in [0.1, 0.15) is 5.82 Å². The number of hydrogen-bond acceptors (Lipinski definition) is 3. The molecule has 0 aromatic heterocycles. The molecule has 1 atom stereocenters. The first-order valence-electron chi connectivity index (χ1n) is 6.32. The van der Waals surface area contributed by atoms with Crippen LogP contribution in [0, 0.1) is 12.7 Å².